The monoisotopic (exact) mass is 555 g/mol. The molecule has 30 heavy (non-hydrogen) atoms. The van der Waals surface area contributed by atoms with Gasteiger partial charge in [0, 0.05) is 45.7 Å². The van der Waals surface area contributed by atoms with E-state index in [1.807, 2.05) is 20.8 Å². The highest BCUT2D eigenvalue weighted by Gasteiger charge is 2.28. The van der Waals surface area contributed by atoms with E-state index in [0.717, 1.165) is 43.5 Å². The second kappa shape index (κ2) is 11.6. The van der Waals surface area contributed by atoms with Gasteiger partial charge in [0.15, 0.2) is 11.8 Å². The number of hydrogen-bond donors (Lipinski definition) is 1. The lowest BCUT2D eigenvalue weighted by Gasteiger charge is -2.35. The van der Waals surface area contributed by atoms with Gasteiger partial charge < -0.3 is 19.5 Å². The Morgan fingerprint density at radius 3 is 2.60 bits per heavy atom. The number of nitrogens with one attached hydrogen (secondary N) is 1. The Morgan fingerprint density at radius 2 is 1.93 bits per heavy atom. The number of halogens is 1. The van der Waals surface area contributed by atoms with Crippen LogP contribution < -0.4 is 5.32 Å². The highest BCUT2D eigenvalue weighted by Crippen LogP contribution is 2.15. The van der Waals surface area contributed by atoms with Crippen molar-refractivity contribution in [1.29, 1.82) is 0 Å². The van der Waals surface area contributed by atoms with Crippen molar-refractivity contribution in [3.63, 3.8) is 0 Å². The minimum Gasteiger partial charge on any atom is -0.378 e. The molecule has 12 heteroatoms. The number of aryl methyl sites for hydroxylation is 1. The van der Waals surface area contributed by atoms with E-state index in [1.165, 1.54) is 0 Å². The molecule has 0 saturated carbocycles. The van der Waals surface area contributed by atoms with Crippen molar-refractivity contribution in [3.8, 4) is 0 Å². The maximum Gasteiger partial charge on any atom is 0.216 e. The molecule has 2 aliphatic heterocycles. The molecule has 0 atom stereocenters. The van der Waals surface area contributed by atoms with E-state index in [4.69, 9.17) is 9.73 Å². The predicted molar refractivity (Wildman–Crippen MR) is 127 cm³/mol. The van der Waals surface area contributed by atoms with Gasteiger partial charge in [0.2, 0.25) is 10.0 Å². The van der Waals surface area contributed by atoms with Gasteiger partial charge in [0.25, 0.3) is 0 Å². The molecule has 0 radical (unpaired) electrons. The van der Waals surface area contributed by atoms with Crippen LogP contribution in [-0.4, -0.2) is 89.5 Å². The molecule has 3 rings (SSSR count). The van der Waals surface area contributed by atoms with Crippen molar-refractivity contribution in [2.75, 3.05) is 45.1 Å². The molecule has 0 amide bonds. The zero-order valence-electron chi connectivity index (χ0n) is 18.1. The van der Waals surface area contributed by atoms with E-state index in [1.54, 1.807) is 4.31 Å². The standard InChI is InChI=1S/C18H33N7O3S.HI/c1-4-19-18(20-14-17-22-21-16-6-5-7-25(16)17)23-8-10-24(11-9-23)29(26,27)13-12-28-15(2)3;/h15H,4-14H2,1-3H3,(H,19,20);1H. The van der Waals surface area contributed by atoms with Crippen LogP contribution in [0.25, 0.3) is 0 Å². The molecule has 0 bridgehead atoms. The number of fused-ring (bicyclic) bond motifs is 1. The zero-order chi connectivity index (χ0) is 20.9. The summed E-state index contributed by atoms with van der Waals surface area (Å²) in [5.41, 5.74) is 0. The molecular weight excluding hydrogens is 521 g/mol. The van der Waals surface area contributed by atoms with Gasteiger partial charge in [-0.2, -0.15) is 4.31 Å². The summed E-state index contributed by atoms with van der Waals surface area (Å²) in [7, 11) is -3.30. The van der Waals surface area contributed by atoms with Gasteiger partial charge in [0.05, 0.1) is 18.5 Å². The van der Waals surface area contributed by atoms with E-state index in [2.05, 4.69) is 25.0 Å². The number of ether oxygens (including phenoxy) is 1. The Morgan fingerprint density at radius 1 is 1.20 bits per heavy atom. The average molecular weight is 555 g/mol. The van der Waals surface area contributed by atoms with Crippen LogP contribution in [0, 0.1) is 0 Å². The molecule has 3 heterocycles. The Kier molecular flexibility index (Phi) is 9.75. The number of guanidine groups is 1. The summed E-state index contributed by atoms with van der Waals surface area (Å²) in [5.74, 6) is 2.75. The number of piperazine rings is 1. The van der Waals surface area contributed by atoms with E-state index >= 15 is 0 Å². The second-order valence-corrected chi connectivity index (χ2v) is 9.67. The molecule has 0 spiro atoms. The molecule has 1 N–H and O–H groups in total. The molecular formula is C18H34IN7O3S. The zero-order valence-corrected chi connectivity index (χ0v) is 21.2. The van der Waals surface area contributed by atoms with Gasteiger partial charge >= 0.3 is 0 Å². The van der Waals surface area contributed by atoms with Gasteiger partial charge in [0.1, 0.15) is 12.4 Å². The average Bonchev–Trinajstić information content (AvgIpc) is 3.29. The van der Waals surface area contributed by atoms with Gasteiger partial charge in [-0.15, -0.1) is 34.2 Å². The Labute approximate surface area is 196 Å². The predicted octanol–water partition coefficient (Wildman–Crippen LogP) is 0.680. The van der Waals surface area contributed by atoms with Crippen molar-refractivity contribution in [1.82, 2.24) is 29.3 Å². The third-order valence-corrected chi connectivity index (χ3v) is 6.95. The number of sulfonamides is 1. The topological polar surface area (TPSA) is 105 Å². The smallest absolute Gasteiger partial charge is 0.216 e. The number of aliphatic imine (C=N–C) groups is 1. The normalized spacial score (nSPS) is 17.9. The van der Waals surface area contributed by atoms with E-state index in [-0.39, 0.29) is 42.4 Å². The summed E-state index contributed by atoms with van der Waals surface area (Å²) in [5, 5.41) is 11.8. The summed E-state index contributed by atoms with van der Waals surface area (Å²) >= 11 is 0. The molecule has 0 aliphatic carbocycles. The van der Waals surface area contributed by atoms with Crippen LogP contribution in [0.4, 0.5) is 0 Å². The lowest BCUT2D eigenvalue weighted by Crippen LogP contribution is -2.54. The summed E-state index contributed by atoms with van der Waals surface area (Å²) in [4.78, 5) is 6.85. The van der Waals surface area contributed by atoms with Crippen LogP contribution in [0.1, 0.15) is 38.8 Å². The third-order valence-electron chi connectivity index (χ3n) is 5.12. The van der Waals surface area contributed by atoms with E-state index in [9.17, 15) is 8.42 Å². The van der Waals surface area contributed by atoms with Gasteiger partial charge in [-0.05, 0) is 27.2 Å². The summed E-state index contributed by atoms with van der Waals surface area (Å²) in [6.45, 7) is 10.4. The summed E-state index contributed by atoms with van der Waals surface area (Å²) in [6.07, 6.45) is 2.13. The lowest BCUT2D eigenvalue weighted by atomic mass is 10.4. The molecule has 2 aliphatic rings. The Balaban J connectivity index is 0.00000320. The Bertz CT molecular complexity index is 805. The number of aromatic nitrogens is 3. The van der Waals surface area contributed by atoms with Crippen molar-refractivity contribution in [3.05, 3.63) is 11.6 Å². The van der Waals surface area contributed by atoms with Gasteiger partial charge in [-0.25, -0.2) is 13.4 Å². The minimum atomic E-state index is -3.30. The van der Waals surface area contributed by atoms with Crippen LogP contribution in [0.3, 0.4) is 0 Å². The third kappa shape index (κ3) is 6.50. The molecule has 1 saturated heterocycles. The van der Waals surface area contributed by atoms with Gasteiger partial charge in [-0.1, -0.05) is 0 Å². The largest absolute Gasteiger partial charge is 0.378 e. The van der Waals surface area contributed by atoms with Crippen molar-refractivity contribution in [2.45, 2.75) is 52.8 Å². The fourth-order valence-corrected chi connectivity index (χ4v) is 4.88. The first-order chi connectivity index (χ1) is 13.9. The van der Waals surface area contributed by atoms with Crippen molar-refractivity contribution < 1.29 is 13.2 Å². The highest BCUT2D eigenvalue weighted by atomic mass is 127. The number of hydrogen-bond acceptors (Lipinski definition) is 6. The molecule has 1 aromatic heterocycles. The summed E-state index contributed by atoms with van der Waals surface area (Å²) in [6, 6.07) is 0. The number of nitrogens with zero attached hydrogens (tertiary/aromatic N) is 6. The van der Waals surface area contributed by atoms with Crippen molar-refractivity contribution >= 4 is 40.0 Å². The molecule has 1 aromatic rings. The Hall–Kier alpha value is -0.990. The fraction of sp³-hybridized carbons (Fsp3) is 0.833. The molecule has 0 aromatic carbocycles. The van der Waals surface area contributed by atoms with Crippen LogP contribution in [0.15, 0.2) is 4.99 Å². The quantitative estimate of drug-likeness (QED) is 0.286. The molecule has 0 unspecified atom stereocenters. The second-order valence-electron chi connectivity index (χ2n) is 7.58. The summed E-state index contributed by atoms with van der Waals surface area (Å²) < 4.78 is 34.2. The van der Waals surface area contributed by atoms with Crippen LogP contribution >= 0.6 is 24.0 Å². The van der Waals surface area contributed by atoms with E-state index in [0.29, 0.717) is 32.7 Å². The fourth-order valence-electron chi connectivity index (χ4n) is 3.60. The first-order valence-electron chi connectivity index (χ1n) is 10.4. The lowest BCUT2D eigenvalue weighted by molar-refractivity contribution is 0.0904. The maximum absolute atomic E-state index is 12.5. The maximum atomic E-state index is 12.5. The molecule has 10 nitrogen and oxygen atoms in total. The van der Waals surface area contributed by atoms with E-state index < -0.39 is 10.0 Å². The highest BCUT2D eigenvalue weighted by molar-refractivity contribution is 14.0. The minimum absolute atomic E-state index is 0. The first-order valence-corrected chi connectivity index (χ1v) is 12.0. The first kappa shape index (κ1) is 25.3. The van der Waals surface area contributed by atoms with Gasteiger partial charge in [-0.3, -0.25) is 0 Å². The molecule has 1 fully saturated rings. The van der Waals surface area contributed by atoms with Crippen LogP contribution in [0.5, 0.6) is 0 Å². The van der Waals surface area contributed by atoms with Crippen LogP contribution in [0.2, 0.25) is 0 Å². The molecule has 172 valence electrons. The van der Waals surface area contributed by atoms with Crippen molar-refractivity contribution in [2.24, 2.45) is 4.99 Å². The van der Waals surface area contributed by atoms with Crippen LogP contribution in [-0.2, 0) is 34.3 Å². The SMILES string of the molecule is CCNC(=NCc1nnc2n1CCC2)N1CCN(S(=O)(=O)CCOC(C)C)CC1.I. The number of rotatable bonds is 8.